The van der Waals surface area contributed by atoms with Crippen LogP contribution in [0.5, 0.6) is 0 Å². The molecule has 142 valence electrons. The average molecular weight is 366 g/mol. The maximum absolute atomic E-state index is 12.0. The third kappa shape index (κ3) is 3.69. The number of hydrogen-bond acceptors (Lipinski definition) is 3. The lowest BCUT2D eigenvalue weighted by Crippen LogP contribution is -2.21. The molecule has 1 saturated carbocycles. The Morgan fingerprint density at radius 1 is 1.11 bits per heavy atom. The Balaban J connectivity index is 1.73. The van der Waals surface area contributed by atoms with E-state index < -0.39 is 0 Å². The summed E-state index contributed by atoms with van der Waals surface area (Å²) in [6.45, 7) is 2.40. The van der Waals surface area contributed by atoms with Gasteiger partial charge in [-0.05, 0) is 66.6 Å². The Labute approximate surface area is 159 Å². The van der Waals surface area contributed by atoms with Gasteiger partial charge in [-0.2, -0.15) is 0 Å². The molecule has 0 atom stereocenters. The molecule has 2 heterocycles. The Kier molecular flexibility index (Phi) is 4.87. The first-order chi connectivity index (χ1) is 13.0. The number of anilines is 1. The van der Waals surface area contributed by atoms with Crippen molar-refractivity contribution >= 4 is 11.6 Å². The molecule has 0 radical (unpaired) electrons. The number of rotatable bonds is 4. The van der Waals surface area contributed by atoms with Crippen LogP contribution in [0.1, 0.15) is 48.8 Å². The van der Waals surface area contributed by atoms with Gasteiger partial charge in [-0.1, -0.05) is 12.8 Å². The van der Waals surface area contributed by atoms with Gasteiger partial charge >= 0.3 is 0 Å². The molecule has 0 unspecified atom stereocenters. The van der Waals surface area contributed by atoms with Gasteiger partial charge in [-0.25, -0.2) is 0 Å². The van der Waals surface area contributed by atoms with E-state index in [1.54, 1.807) is 11.6 Å². The topological polar surface area (TPSA) is 60.3 Å². The van der Waals surface area contributed by atoms with Gasteiger partial charge in [0.1, 0.15) is 0 Å². The molecule has 0 bridgehead atoms. The quantitative estimate of drug-likeness (QED) is 0.897. The third-order valence-electron chi connectivity index (χ3n) is 5.69. The molecule has 1 amide bonds. The van der Waals surface area contributed by atoms with Gasteiger partial charge in [0.05, 0.1) is 12.7 Å². The minimum absolute atomic E-state index is 0.00908. The van der Waals surface area contributed by atoms with Gasteiger partial charge < -0.3 is 14.6 Å². The number of nitrogens with zero attached hydrogens (tertiary/aromatic N) is 1. The van der Waals surface area contributed by atoms with Gasteiger partial charge in [-0.3, -0.25) is 9.59 Å². The number of aryl methyl sites for hydroxylation is 2. The van der Waals surface area contributed by atoms with Crippen LogP contribution in [0, 0.1) is 6.92 Å². The number of hydrogen-bond donors (Lipinski definition) is 1. The first-order valence-electron chi connectivity index (χ1n) is 9.76. The van der Waals surface area contributed by atoms with Gasteiger partial charge in [0.2, 0.25) is 5.91 Å². The second-order valence-electron chi connectivity index (χ2n) is 7.75. The predicted molar refractivity (Wildman–Crippen MR) is 106 cm³/mol. The lowest BCUT2D eigenvalue weighted by atomic mass is 9.93. The van der Waals surface area contributed by atoms with E-state index in [0.717, 1.165) is 41.6 Å². The van der Waals surface area contributed by atoms with Crippen molar-refractivity contribution < 1.29 is 9.53 Å². The van der Waals surface area contributed by atoms with E-state index in [-0.39, 0.29) is 11.5 Å². The number of amides is 1. The molecule has 1 fully saturated rings. The summed E-state index contributed by atoms with van der Waals surface area (Å²) < 4.78 is 7.78. The number of nitrogens with one attached hydrogen (secondary N) is 1. The minimum atomic E-state index is 0.00908. The summed E-state index contributed by atoms with van der Waals surface area (Å²) in [5, 5.41) is 3.02. The highest BCUT2D eigenvalue weighted by molar-refractivity contribution is 5.95. The zero-order valence-electron chi connectivity index (χ0n) is 16.0. The highest BCUT2D eigenvalue weighted by Gasteiger charge is 2.21. The lowest BCUT2D eigenvalue weighted by molar-refractivity contribution is -0.116. The standard InChI is InChI=1S/C22H26N2O3/c1-14-9-16(12-24(2)22(14)26)15-10-17(13-27-18-5-3-4-6-18)19-7-8-21(25)23-20(19)11-15/h9-12,18H,3-8,13H2,1-2H3,(H,23,25). The van der Waals surface area contributed by atoms with Gasteiger partial charge in [0.25, 0.3) is 5.56 Å². The number of ether oxygens (including phenoxy) is 1. The zero-order chi connectivity index (χ0) is 19.0. The fraction of sp³-hybridized carbons (Fsp3) is 0.455. The number of carbonyl (C=O) groups excluding carboxylic acids is 1. The smallest absolute Gasteiger partial charge is 0.253 e. The monoisotopic (exact) mass is 366 g/mol. The van der Waals surface area contributed by atoms with Crippen molar-refractivity contribution in [3.63, 3.8) is 0 Å². The van der Waals surface area contributed by atoms with Crippen molar-refractivity contribution in [1.82, 2.24) is 4.57 Å². The molecule has 2 aromatic rings. The number of pyridine rings is 1. The maximum atomic E-state index is 12.0. The van der Waals surface area contributed by atoms with Crippen LogP contribution in [-0.2, 0) is 29.6 Å². The normalized spacial score (nSPS) is 17.0. The van der Waals surface area contributed by atoms with E-state index in [2.05, 4.69) is 11.4 Å². The van der Waals surface area contributed by atoms with E-state index >= 15 is 0 Å². The highest BCUT2D eigenvalue weighted by Crippen LogP contribution is 2.33. The zero-order valence-corrected chi connectivity index (χ0v) is 16.0. The van der Waals surface area contributed by atoms with Crippen LogP contribution in [-0.4, -0.2) is 16.6 Å². The van der Waals surface area contributed by atoms with Crippen LogP contribution in [0.15, 0.2) is 29.2 Å². The van der Waals surface area contributed by atoms with Gasteiger partial charge in [0.15, 0.2) is 0 Å². The summed E-state index contributed by atoms with van der Waals surface area (Å²) in [7, 11) is 1.77. The number of carbonyl (C=O) groups is 1. The molecule has 1 aromatic carbocycles. The molecule has 1 aliphatic carbocycles. The van der Waals surface area contributed by atoms with Crippen molar-refractivity contribution in [2.24, 2.45) is 7.05 Å². The summed E-state index contributed by atoms with van der Waals surface area (Å²) in [4.78, 5) is 23.9. The molecule has 1 N–H and O–H groups in total. The Bertz CT molecular complexity index is 913. The number of benzene rings is 1. The Morgan fingerprint density at radius 3 is 2.63 bits per heavy atom. The molecule has 0 saturated heterocycles. The van der Waals surface area contributed by atoms with Crippen molar-refractivity contribution in [1.29, 1.82) is 0 Å². The second-order valence-corrected chi connectivity index (χ2v) is 7.75. The van der Waals surface area contributed by atoms with Crippen LogP contribution in [0.25, 0.3) is 11.1 Å². The van der Waals surface area contributed by atoms with E-state index in [9.17, 15) is 9.59 Å². The SMILES string of the molecule is Cc1cc(-c2cc(COC3CCCC3)c3c(c2)NC(=O)CC3)cn(C)c1=O. The van der Waals surface area contributed by atoms with Gasteiger partial charge in [-0.15, -0.1) is 0 Å². The van der Waals surface area contributed by atoms with E-state index in [1.165, 1.54) is 18.4 Å². The summed E-state index contributed by atoms with van der Waals surface area (Å²) in [5.74, 6) is 0.0546. The third-order valence-corrected chi connectivity index (χ3v) is 5.69. The molecule has 27 heavy (non-hydrogen) atoms. The summed E-state index contributed by atoms with van der Waals surface area (Å²) in [6.07, 6.45) is 8.23. The minimum Gasteiger partial charge on any atom is -0.374 e. The largest absolute Gasteiger partial charge is 0.374 e. The lowest BCUT2D eigenvalue weighted by Gasteiger charge is -2.23. The first-order valence-corrected chi connectivity index (χ1v) is 9.76. The van der Waals surface area contributed by atoms with Crippen molar-refractivity contribution in [2.45, 2.75) is 58.2 Å². The van der Waals surface area contributed by atoms with Crippen LogP contribution in [0.2, 0.25) is 0 Å². The highest BCUT2D eigenvalue weighted by atomic mass is 16.5. The number of aromatic nitrogens is 1. The van der Waals surface area contributed by atoms with Crippen LogP contribution >= 0.6 is 0 Å². The molecule has 5 heteroatoms. The first kappa shape index (κ1) is 18.0. The molecule has 4 rings (SSSR count). The van der Waals surface area contributed by atoms with Crippen molar-refractivity contribution in [3.05, 3.63) is 51.4 Å². The van der Waals surface area contributed by atoms with Crippen molar-refractivity contribution in [2.75, 3.05) is 5.32 Å². The molecular weight excluding hydrogens is 340 g/mol. The molecule has 5 nitrogen and oxygen atoms in total. The molecule has 1 aliphatic heterocycles. The maximum Gasteiger partial charge on any atom is 0.253 e. The summed E-state index contributed by atoms with van der Waals surface area (Å²) in [6, 6.07) is 6.09. The fourth-order valence-electron chi connectivity index (χ4n) is 4.18. The van der Waals surface area contributed by atoms with Gasteiger partial charge in [0, 0.05) is 30.9 Å². The Hall–Kier alpha value is -2.40. The summed E-state index contributed by atoms with van der Waals surface area (Å²) >= 11 is 0. The Morgan fingerprint density at radius 2 is 1.89 bits per heavy atom. The molecule has 2 aliphatic rings. The molecular formula is C22H26N2O3. The van der Waals surface area contributed by atoms with Crippen LogP contribution < -0.4 is 10.9 Å². The molecule has 1 aromatic heterocycles. The average Bonchev–Trinajstić information content (AvgIpc) is 3.16. The summed E-state index contributed by atoms with van der Waals surface area (Å²) in [5.41, 5.74) is 5.88. The van der Waals surface area contributed by atoms with Crippen LogP contribution in [0.3, 0.4) is 0 Å². The van der Waals surface area contributed by atoms with E-state index in [4.69, 9.17) is 4.74 Å². The number of fused-ring (bicyclic) bond motifs is 1. The van der Waals surface area contributed by atoms with Crippen molar-refractivity contribution in [3.8, 4) is 11.1 Å². The van der Waals surface area contributed by atoms with E-state index in [1.807, 2.05) is 25.3 Å². The molecule has 0 spiro atoms. The van der Waals surface area contributed by atoms with Crippen LogP contribution in [0.4, 0.5) is 5.69 Å². The fourth-order valence-corrected chi connectivity index (χ4v) is 4.18. The van der Waals surface area contributed by atoms with E-state index in [0.29, 0.717) is 24.7 Å². The predicted octanol–water partition coefficient (Wildman–Crippen LogP) is 3.70. The second kappa shape index (κ2) is 7.31.